The number of hydrogen-bond donors (Lipinski definition) is 1. The number of methoxy groups -OCH3 is 1. The molecule has 1 aromatic rings. The van der Waals surface area contributed by atoms with Crippen molar-refractivity contribution in [2.24, 2.45) is 0 Å². The minimum atomic E-state index is -1.34. The lowest BCUT2D eigenvalue weighted by atomic mass is 10.1. The van der Waals surface area contributed by atoms with Gasteiger partial charge in [-0.3, -0.25) is 14.5 Å². The highest BCUT2D eigenvalue weighted by molar-refractivity contribution is 6.22. The van der Waals surface area contributed by atoms with Crippen LogP contribution in [0.25, 0.3) is 0 Å². The number of fused-ring (bicyclic) bond motifs is 1. The first-order valence-corrected chi connectivity index (χ1v) is 5.72. The predicted octanol–water partition coefficient (Wildman–Crippen LogP) is 0.205. The summed E-state index contributed by atoms with van der Waals surface area (Å²) in [6, 6.07) is 4.93. The Morgan fingerprint density at radius 3 is 2.05 bits per heavy atom. The minimum Gasteiger partial charge on any atom is -0.467 e. The van der Waals surface area contributed by atoms with E-state index in [9.17, 15) is 19.5 Å². The molecule has 1 N–H and O–H groups in total. The van der Waals surface area contributed by atoms with Gasteiger partial charge in [0.15, 0.2) is 6.04 Å². The average Bonchev–Trinajstić information content (AvgIpc) is 2.64. The molecule has 0 fully saturated rings. The molecule has 1 aliphatic heterocycles. The van der Waals surface area contributed by atoms with Gasteiger partial charge in [-0.25, -0.2) is 4.79 Å². The van der Waals surface area contributed by atoms with E-state index in [4.69, 9.17) is 0 Å². The second kappa shape index (κ2) is 4.81. The third kappa shape index (κ3) is 2.00. The molecule has 1 aromatic carbocycles. The summed E-state index contributed by atoms with van der Waals surface area (Å²) >= 11 is 0. The van der Waals surface area contributed by atoms with E-state index in [2.05, 4.69) is 4.74 Å². The molecule has 2 amide bonds. The van der Waals surface area contributed by atoms with Crippen molar-refractivity contribution < 1.29 is 24.2 Å². The standard InChI is InChI=1S/C13H13NO5/c1-7(15)10(13(18)19-2)14-11(16)8-5-3-4-6-9(8)12(14)17/h3-7,10,15H,1-2H3/t7-,10-/m1/s1. The van der Waals surface area contributed by atoms with Gasteiger partial charge >= 0.3 is 5.97 Å². The van der Waals surface area contributed by atoms with Gasteiger partial charge in [-0.05, 0) is 19.1 Å². The Morgan fingerprint density at radius 2 is 1.68 bits per heavy atom. The number of ether oxygens (including phenoxy) is 1. The van der Waals surface area contributed by atoms with Gasteiger partial charge in [-0.1, -0.05) is 12.1 Å². The minimum absolute atomic E-state index is 0.224. The SMILES string of the molecule is COC(=O)[C@@H]([C@@H](C)O)N1C(=O)c2ccccc2C1=O. The van der Waals surface area contributed by atoms with Crippen molar-refractivity contribution in [2.45, 2.75) is 19.1 Å². The maximum atomic E-state index is 12.2. The molecule has 0 aliphatic carbocycles. The topological polar surface area (TPSA) is 83.9 Å². The van der Waals surface area contributed by atoms with E-state index in [0.29, 0.717) is 0 Å². The average molecular weight is 263 g/mol. The van der Waals surface area contributed by atoms with Crippen LogP contribution in [0.15, 0.2) is 24.3 Å². The van der Waals surface area contributed by atoms with E-state index in [0.717, 1.165) is 12.0 Å². The van der Waals surface area contributed by atoms with Crippen LogP contribution in [0.1, 0.15) is 27.6 Å². The smallest absolute Gasteiger partial charge is 0.331 e. The van der Waals surface area contributed by atoms with Crippen LogP contribution in [0.4, 0.5) is 0 Å². The normalized spacial score (nSPS) is 17.1. The van der Waals surface area contributed by atoms with Crippen molar-refractivity contribution >= 4 is 17.8 Å². The van der Waals surface area contributed by atoms with Gasteiger partial charge < -0.3 is 9.84 Å². The van der Waals surface area contributed by atoms with Crippen LogP contribution in [-0.2, 0) is 9.53 Å². The number of rotatable bonds is 3. The zero-order chi connectivity index (χ0) is 14.2. The van der Waals surface area contributed by atoms with E-state index in [1.807, 2.05) is 0 Å². The summed E-state index contributed by atoms with van der Waals surface area (Å²) in [5, 5.41) is 9.64. The number of aliphatic hydroxyl groups is 1. The molecule has 0 radical (unpaired) electrons. The fourth-order valence-electron chi connectivity index (χ4n) is 2.10. The van der Waals surface area contributed by atoms with E-state index in [-0.39, 0.29) is 11.1 Å². The lowest BCUT2D eigenvalue weighted by Crippen LogP contribution is -2.51. The molecular formula is C13H13NO5. The van der Waals surface area contributed by atoms with Crippen molar-refractivity contribution in [3.63, 3.8) is 0 Å². The van der Waals surface area contributed by atoms with Crippen molar-refractivity contribution in [1.29, 1.82) is 0 Å². The third-order valence-corrected chi connectivity index (χ3v) is 3.00. The van der Waals surface area contributed by atoms with Gasteiger partial charge in [0.2, 0.25) is 0 Å². The fourth-order valence-corrected chi connectivity index (χ4v) is 2.10. The number of aliphatic hydroxyl groups excluding tert-OH is 1. The van der Waals surface area contributed by atoms with Crippen LogP contribution in [0, 0.1) is 0 Å². The molecule has 6 nitrogen and oxygen atoms in total. The largest absolute Gasteiger partial charge is 0.467 e. The lowest BCUT2D eigenvalue weighted by Gasteiger charge is -2.25. The zero-order valence-corrected chi connectivity index (χ0v) is 10.5. The number of nitrogens with zero attached hydrogens (tertiary/aromatic N) is 1. The van der Waals surface area contributed by atoms with Gasteiger partial charge in [0.25, 0.3) is 11.8 Å². The second-order valence-corrected chi connectivity index (χ2v) is 4.23. The van der Waals surface area contributed by atoms with Crippen molar-refractivity contribution in [1.82, 2.24) is 4.90 Å². The van der Waals surface area contributed by atoms with Crippen molar-refractivity contribution in [3.05, 3.63) is 35.4 Å². The highest BCUT2D eigenvalue weighted by Gasteiger charge is 2.45. The molecule has 2 rings (SSSR count). The Bertz CT molecular complexity index is 517. The zero-order valence-electron chi connectivity index (χ0n) is 10.5. The molecule has 100 valence electrons. The number of imide groups is 1. The predicted molar refractivity (Wildman–Crippen MR) is 64.4 cm³/mol. The number of carbonyl (C=O) groups excluding carboxylic acids is 3. The van der Waals surface area contributed by atoms with Crippen molar-refractivity contribution in [3.8, 4) is 0 Å². The molecular weight excluding hydrogens is 250 g/mol. The molecule has 0 aromatic heterocycles. The molecule has 1 aliphatic rings. The Labute approximate surface area is 109 Å². The van der Waals surface area contributed by atoms with Crippen LogP contribution in [0.5, 0.6) is 0 Å². The summed E-state index contributed by atoms with van der Waals surface area (Å²) in [7, 11) is 1.13. The maximum absolute atomic E-state index is 12.2. The van der Waals surface area contributed by atoms with Gasteiger partial charge in [0.1, 0.15) is 0 Å². The van der Waals surface area contributed by atoms with Gasteiger partial charge in [0.05, 0.1) is 24.3 Å². The van der Waals surface area contributed by atoms with Gasteiger partial charge in [-0.15, -0.1) is 0 Å². The van der Waals surface area contributed by atoms with E-state index >= 15 is 0 Å². The molecule has 19 heavy (non-hydrogen) atoms. The number of amides is 2. The first-order valence-electron chi connectivity index (χ1n) is 5.72. The van der Waals surface area contributed by atoms with Gasteiger partial charge in [0, 0.05) is 0 Å². The first kappa shape index (κ1) is 13.2. The first-order chi connectivity index (χ1) is 8.99. The Balaban J connectivity index is 2.45. The van der Waals surface area contributed by atoms with Crippen LogP contribution in [0.2, 0.25) is 0 Å². The van der Waals surface area contributed by atoms with Crippen LogP contribution >= 0.6 is 0 Å². The van der Waals surface area contributed by atoms with Crippen molar-refractivity contribution in [2.75, 3.05) is 7.11 Å². The number of carbonyl (C=O) groups is 3. The number of hydrogen-bond acceptors (Lipinski definition) is 5. The summed E-state index contributed by atoms with van der Waals surface area (Å²) < 4.78 is 4.54. The molecule has 2 atom stereocenters. The van der Waals surface area contributed by atoms with Crippen LogP contribution in [-0.4, -0.2) is 47.0 Å². The molecule has 0 unspecified atom stereocenters. The Hall–Kier alpha value is -2.21. The summed E-state index contributed by atoms with van der Waals surface area (Å²) in [6.07, 6.45) is -1.21. The fraction of sp³-hybridized carbons (Fsp3) is 0.308. The summed E-state index contributed by atoms with van der Waals surface area (Å²) in [5.74, 6) is -2.03. The van der Waals surface area contributed by atoms with E-state index in [1.165, 1.54) is 19.1 Å². The third-order valence-electron chi connectivity index (χ3n) is 3.00. The highest BCUT2D eigenvalue weighted by Crippen LogP contribution is 2.25. The second-order valence-electron chi connectivity index (χ2n) is 4.23. The monoisotopic (exact) mass is 263 g/mol. The molecule has 0 saturated carbocycles. The Morgan fingerprint density at radius 1 is 1.21 bits per heavy atom. The quantitative estimate of drug-likeness (QED) is 0.622. The maximum Gasteiger partial charge on any atom is 0.331 e. The highest BCUT2D eigenvalue weighted by atomic mass is 16.5. The summed E-state index contributed by atoms with van der Waals surface area (Å²) in [6.45, 7) is 1.32. The molecule has 1 heterocycles. The van der Waals surface area contributed by atoms with E-state index < -0.39 is 29.9 Å². The van der Waals surface area contributed by atoms with Crippen LogP contribution < -0.4 is 0 Å². The molecule has 0 saturated heterocycles. The summed E-state index contributed by atoms with van der Waals surface area (Å²) in [5.41, 5.74) is 0.448. The number of esters is 1. The molecule has 6 heteroatoms. The molecule has 0 bridgehead atoms. The van der Waals surface area contributed by atoms with E-state index in [1.54, 1.807) is 12.1 Å². The lowest BCUT2D eigenvalue weighted by molar-refractivity contribution is -0.148. The van der Waals surface area contributed by atoms with Gasteiger partial charge in [-0.2, -0.15) is 0 Å². The Kier molecular flexibility index (Phi) is 3.35. The summed E-state index contributed by atoms with van der Waals surface area (Å²) in [4.78, 5) is 36.7. The molecule has 0 spiro atoms. The number of benzene rings is 1. The van der Waals surface area contributed by atoms with Crippen LogP contribution in [0.3, 0.4) is 0 Å².